The van der Waals surface area contributed by atoms with Gasteiger partial charge in [0, 0.05) is 13.1 Å². The fourth-order valence-electron chi connectivity index (χ4n) is 2.29. The smallest absolute Gasteiger partial charge is 0.293 e. The molecule has 0 aliphatic rings. The van der Waals surface area contributed by atoms with Gasteiger partial charge in [0.25, 0.3) is 5.56 Å². The van der Waals surface area contributed by atoms with Gasteiger partial charge in [0.15, 0.2) is 0 Å². The third-order valence-electron chi connectivity index (χ3n) is 3.08. The van der Waals surface area contributed by atoms with Crippen LogP contribution >= 0.6 is 0 Å². The van der Waals surface area contributed by atoms with Crippen molar-refractivity contribution in [2.75, 3.05) is 0 Å². The second kappa shape index (κ2) is 4.68. The maximum Gasteiger partial charge on any atom is 0.331 e. The fraction of sp³-hybridized carbons (Fsp3) is 0.467. The van der Waals surface area contributed by atoms with Crippen LogP contribution in [-0.2, 0) is 13.1 Å². The van der Waals surface area contributed by atoms with Crippen LogP contribution in [0, 0.1) is 5.41 Å². The van der Waals surface area contributed by atoms with Crippen molar-refractivity contribution in [2.24, 2.45) is 5.41 Å². The lowest BCUT2D eigenvalue weighted by molar-refractivity contribution is 0.327. The van der Waals surface area contributed by atoms with Crippen LogP contribution in [0.5, 0.6) is 0 Å². The predicted molar refractivity (Wildman–Crippen MR) is 77.6 cm³/mol. The number of aryl methyl sites for hydroxylation is 1. The van der Waals surface area contributed by atoms with E-state index in [1.165, 1.54) is 4.57 Å². The van der Waals surface area contributed by atoms with Crippen molar-refractivity contribution < 1.29 is 0 Å². The molecule has 4 nitrogen and oxygen atoms in total. The van der Waals surface area contributed by atoms with E-state index in [-0.39, 0.29) is 16.7 Å². The van der Waals surface area contributed by atoms with Crippen molar-refractivity contribution >= 4 is 10.9 Å². The summed E-state index contributed by atoms with van der Waals surface area (Å²) in [7, 11) is 0. The molecule has 2 rings (SSSR count). The topological polar surface area (TPSA) is 44.0 Å². The number of fused-ring (bicyclic) bond motifs is 1. The van der Waals surface area contributed by atoms with E-state index in [1.54, 1.807) is 10.6 Å². The lowest BCUT2D eigenvalue weighted by atomic mass is 9.97. The van der Waals surface area contributed by atoms with Crippen LogP contribution in [0.2, 0.25) is 0 Å². The Kier molecular flexibility index (Phi) is 3.35. The first-order valence-corrected chi connectivity index (χ1v) is 6.57. The first kappa shape index (κ1) is 13.6. The number of aromatic nitrogens is 2. The largest absolute Gasteiger partial charge is 0.331 e. The summed E-state index contributed by atoms with van der Waals surface area (Å²) in [6.07, 6.45) is 0. The summed E-state index contributed by atoms with van der Waals surface area (Å²) in [6, 6.07) is 7.28. The van der Waals surface area contributed by atoms with E-state index in [4.69, 9.17) is 0 Å². The lowest BCUT2D eigenvalue weighted by Gasteiger charge is -2.20. The van der Waals surface area contributed by atoms with Crippen LogP contribution in [0.3, 0.4) is 0 Å². The Morgan fingerprint density at radius 3 is 2.26 bits per heavy atom. The summed E-state index contributed by atoms with van der Waals surface area (Å²) in [5.74, 6) is 0. The molecule has 0 bridgehead atoms. The molecular weight excluding hydrogens is 240 g/mol. The molecule has 0 aliphatic heterocycles. The lowest BCUT2D eigenvalue weighted by Crippen LogP contribution is -2.42. The van der Waals surface area contributed by atoms with E-state index in [9.17, 15) is 9.59 Å². The van der Waals surface area contributed by atoms with Crippen molar-refractivity contribution in [3.63, 3.8) is 0 Å². The summed E-state index contributed by atoms with van der Waals surface area (Å²) in [5.41, 5.74) is 0.184. The van der Waals surface area contributed by atoms with Crippen molar-refractivity contribution in [3.05, 3.63) is 45.1 Å². The van der Waals surface area contributed by atoms with Crippen LogP contribution in [0.25, 0.3) is 10.9 Å². The summed E-state index contributed by atoms with van der Waals surface area (Å²) in [5, 5.41) is 0.605. The summed E-state index contributed by atoms with van der Waals surface area (Å²) < 4.78 is 3.01. The molecule has 2 aromatic rings. The van der Waals surface area contributed by atoms with Crippen LogP contribution < -0.4 is 11.2 Å². The molecule has 0 aliphatic carbocycles. The molecule has 0 N–H and O–H groups in total. The molecule has 0 saturated carbocycles. The zero-order valence-corrected chi connectivity index (χ0v) is 11.9. The van der Waals surface area contributed by atoms with E-state index in [1.807, 2.05) is 45.9 Å². The highest BCUT2D eigenvalue weighted by Gasteiger charge is 2.17. The minimum atomic E-state index is -0.221. The second-order valence-electron chi connectivity index (χ2n) is 6.00. The zero-order chi connectivity index (χ0) is 14.2. The molecular formula is C15H20N2O2. The predicted octanol–water partition coefficient (Wildman–Crippen LogP) is 2.23. The molecule has 4 heteroatoms. The first-order valence-electron chi connectivity index (χ1n) is 6.57. The first-order chi connectivity index (χ1) is 8.85. The van der Waals surface area contributed by atoms with Crippen LogP contribution in [0.15, 0.2) is 33.9 Å². The maximum atomic E-state index is 12.4. The SMILES string of the molecule is CCn1c(=O)n(CC(C)(C)C)c(=O)c2ccccc21. The summed E-state index contributed by atoms with van der Waals surface area (Å²) >= 11 is 0. The molecule has 0 atom stereocenters. The van der Waals surface area contributed by atoms with Crippen LogP contribution in [-0.4, -0.2) is 9.13 Å². The standard InChI is InChI=1S/C15H20N2O2/c1-5-16-12-9-7-6-8-11(12)13(18)17(14(16)19)10-15(2,3)4/h6-9H,5,10H2,1-4H3. The molecule has 0 fully saturated rings. The van der Waals surface area contributed by atoms with Crippen LogP contribution in [0.4, 0.5) is 0 Å². The molecule has 0 unspecified atom stereocenters. The van der Waals surface area contributed by atoms with Gasteiger partial charge in [-0.2, -0.15) is 0 Å². The summed E-state index contributed by atoms with van der Waals surface area (Å²) in [6.45, 7) is 8.96. The Morgan fingerprint density at radius 1 is 1.05 bits per heavy atom. The number of para-hydroxylation sites is 1. The van der Waals surface area contributed by atoms with Gasteiger partial charge in [-0.25, -0.2) is 4.79 Å². The maximum absolute atomic E-state index is 12.4. The van der Waals surface area contributed by atoms with Crippen LogP contribution in [0.1, 0.15) is 27.7 Å². The zero-order valence-electron chi connectivity index (χ0n) is 11.9. The normalized spacial score (nSPS) is 12.0. The highest BCUT2D eigenvalue weighted by atomic mass is 16.2. The second-order valence-corrected chi connectivity index (χ2v) is 6.00. The third-order valence-corrected chi connectivity index (χ3v) is 3.08. The van der Waals surface area contributed by atoms with Crippen molar-refractivity contribution in [2.45, 2.75) is 40.8 Å². The number of nitrogens with zero attached hydrogens (tertiary/aromatic N) is 2. The van der Waals surface area contributed by atoms with Gasteiger partial charge in [0.1, 0.15) is 0 Å². The fourth-order valence-corrected chi connectivity index (χ4v) is 2.29. The Hall–Kier alpha value is -1.84. The Bertz CT molecular complexity index is 717. The Balaban J connectivity index is 2.86. The minimum absolute atomic E-state index is 0.114. The van der Waals surface area contributed by atoms with Gasteiger partial charge in [-0.3, -0.25) is 13.9 Å². The third kappa shape index (κ3) is 2.48. The molecule has 0 saturated heterocycles. The average Bonchev–Trinajstić information content (AvgIpc) is 2.34. The van der Waals surface area contributed by atoms with E-state index < -0.39 is 0 Å². The molecule has 102 valence electrons. The van der Waals surface area contributed by atoms with Crippen molar-refractivity contribution in [1.29, 1.82) is 0 Å². The molecule has 0 spiro atoms. The van der Waals surface area contributed by atoms with E-state index in [0.717, 1.165) is 0 Å². The van der Waals surface area contributed by atoms with Gasteiger partial charge >= 0.3 is 5.69 Å². The molecule has 1 heterocycles. The number of hydrogen-bond donors (Lipinski definition) is 0. The molecule has 19 heavy (non-hydrogen) atoms. The van der Waals surface area contributed by atoms with E-state index in [0.29, 0.717) is 24.0 Å². The average molecular weight is 260 g/mol. The van der Waals surface area contributed by atoms with E-state index in [2.05, 4.69) is 0 Å². The van der Waals surface area contributed by atoms with Gasteiger partial charge in [0.2, 0.25) is 0 Å². The minimum Gasteiger partial charge on any atom is -0.293 e. The molecule has 1 aromatic heterocycles. The number of benzene rings is 1. The summed E-state index contributed by atoms with van der Waals surface area (Å²) in [4.78, 5) is 24.9. The molecule has 0 radical (unpaired) electrons. The van der Waals surface area contributed by atoms with Gasteiger partial charge in [-0.1, -0.05) is 32.9 Å². The van der Waals surface area contributed by atoms with E-state index >= 15 is 0 Å². The molecule has 1 aromatic carbocycles. The highest BCUT2D eigenvalue weighted by Crippen LogP contribution is 2.15. The van der Waals surface area contributed by atoms with Gasteiger partial charge in [0.05, 0.1) is 10.9 Å². The highest BCUT2D eigenvalue weighted by molar-refractivity contribution is 5.77. The quantitative estimate of drug-likeness (QED) is 0.831. The van der Waals surface area contributed by atoms with Crippen molar-refractivity contribution in [3.8, 4) is 0 Å². The molecule has 0 amide bonds. The van der Waals surface area contributed by atoms with Gasteiger partial charge < -0.3 is 0 Å². The van der Waals surface area contributed by atoms with Crippen molar-refractivity contribution in [1.82, 2.24) is 9.13 Å². The van der Waals surface area contributed by atoms with Gasteiger partial charge in [-0.15, -0.1) is 0 Å². The Morgan fingerprint density at radius 2 is 1.68 bits per heavy atom. The monoisotopic (exact) mass is 260 g/mol. The number of rotatable bonds is 2. The number of hydrogen-bond acceptors (Lipinski definition) is 2. The Labute approximate surface area is 112 Å². The van der Waals surface area contributed by atoms with Gasteiger partial charge in [-0.05, 0) is 24.5 Å².